The first-order valence-corrected chi connectivity index (χ1v) is 5.40. The van der Waals surface area contributed by atoms with Crippen molar-refractivity contribution in [3.63, 3.8) is 0 Å². The largest absolute Gasteiger partial charge is 0.367 e. The molecule has 1 aliphatic rings. The summed E-state index contributed by atoms with van der Waals surface area (Å²) in [5, 5.41) is 8.73. The zero-order chi connectivity index (χ0) is 11.5. The second-order valence-corrected chi connectivity index (χ2v) is 4.02. The molecule has 16 heavy (non-hydrogen) atoms. The molecule has 1 aromatic carbocycles. The van der Waals surface area contributed by atoms with E-state index in [1.54, 1.807) is 0 Å². The maximum atomic E-state index is 8.73. The highest BCUT2D eigenvalue weighted by Gasteiger charge is 2.34. The normalized spacial score (nSPS) is 24.2. The van der Waals surface area contributed by atoms with Crippen LogP contribution in [-0.4, -0.2) is 17.5 Å². The van der Waals surface area contributed by atoms with E-state index in [0.29, 0.717) is 5.56 Å². The van der Waals surface area contributed by atoms with Crippen LogP contribution < -0.4 is 5.73 Å². The topological polar surface area (TPSA) is 53.0 Å². The third-order valence-electron chi connectivity index (χ3n) is 2.91. The summed E-state index contributed by atoms with van der Waals surface area (Å²) in [6.45, 7) is 2.90. The van der Waals surface area contributed by atoms with Crippen molar-refractivity contribution in [2.75, 3.05) is 6.54 Å². The summed E-state index contributed by atoms with van der Waals surface area (Å²) in [7, 11) is 0. The van der Waals surface area contributed by atoms with Crippen molar-refractivity contribution >= 4 is 0 Å². The van der Waals surface area contributed by atoms with Crippen LogP contribution in [-0.2, 0) is 0 Å². The average Bonchev–Trinajstić information content (AvgIpc) is 2.29. The van der Waals surface area contributed by atoms with Gasteiger partial charge in [-0.05, 0) is 30.8 Å². The van der Waals surface area contributed by atoms with E-state index in [0.717, 1.165) is 6.54 Å². The van der Waals surface area contributed by atoms with Crippen LogP contribution in [0.5, 0.6) is 0 Å². The second kappa shape index (κ2) is 4.38. The molecule has 0 saturated carbocycles. The minimum Gasteiger partial charge on any atom is -0.367 e. The van der Waals surface area contributed by atoms with E-state index in [1.807, 2.05) is 37.3 Å². The standard InChI is InChI=1S/C13H15N3/c1-2-7-16-9-12(15)13(16)11-5-3-10(8-14)4-6-11/h2-7,12-13H,9,15H2,1H3/t12-,13-/m1/s1. The Bertz CT molecular complexity index is 427. The van der Waals surface area contributed by atoms with Crippen LogP contribution in [0.4, 0.5) is 0 Å². The van der Waals surface area contributed by atoms with Gasteiger partial charge in [-0.2, -0.15) is 5.26 Å². The number of nitrogens with two attached hydrogens (primary N) is 1. The van der Waals surface area contributed by atoms with Gasteiger partial charge in [0.05, 0.1) is 17.7 Å². The molecule has 0 bridgehead atoms. The third kappa shape index (κ3) is 1.80. The number of rotatable bonds is 2. The Hall–Kier alpha value is -1.79. The average molecular weight is 213 g/mol. The number of nitrogens with zero attached hydrogens (tertiary/aromatic N) is 2. The molecule has 0 amide bonds. The highest BCUT2D eigenvalue weighted by atomic mass is 15.2. The first kappa shape index (κ1) is 10.7. The first-order chi connectivity index (χ1) is 7.76. The monoisotopic (exact) mass is 213 g/mol. The zero-order valence-electron chi connectivity index (χ0n) is 9.30. The molecule has 3 nitrogen and oxygen atoms in total. The first-order valence-electron chi connectivity index (χ1n) is 5.40. The van der Waals surface area contributed by atoms with Crippen molar-refractivity contribution in [2.45, 2.75) is 19.0 Å². The van der Waals surface area contributed by atoms with Gasteiger partial charge in [-0.15, -0.1) is 0 Å². The molecule has 1 aliphatic heterocycles. The summed E-state index contributed by atoms with van der Waals surface area (Å²) in [5.41, 5.74) is 7.87. The van der Waals surface area contributed by atoms with Crippen molar-refractivity contribution < 1.29 is 0 Å². The summed E-state index contributed by atoms with van der Waals surface area (Å²) in [4.78, 5) is 2.21. The molecule has 3 heteroatoms. The third-order valence-corrected chi connectivity index (χ3v) is 2.91. The van der Waals surface area contributed by atoms with Gasteiger partial charge in [0.1, 0.15) is 0 Å². The van der Waals surface area contributed by atoms with Crippen LogP contribution in [0.2, 0.25) is 0 Å². The van der Waals surface area contributed by atoms with Gasteiger partial charge >= 0.3 is 0 Å². The molecule has 1 fully saturated rings. The van der Waals surface area contributed by atoms with Crippen LogP contribution in [0.1, 0.15) is 24.1 Å². The Morgan fingerprint density at radius 1 is 1.44 bits per heavy atom. The van der Waals surface area contributed by atoms with Gasteiger partial charge < -0.3 is 10.6 Å². The molecule has 0 unspecified atom stereocenters. The van der Waals surface area contributed by atoms with Crippen LogP contribution in [0.15, 0.2) is 36.5 Å². The predicted octanol–water partition coefficient (Wildman–Crippen LogP) is 1.78. The van der Waals surface area contributed by atoms with E-state index in [9.17, 15) is 0 Å². The summed E-state index contributed by atoms with van der Waals surface area (Å²) < 4.78 is 0. The lowest BCUT2D eigenvalue weighted by atomic mass is 9.90. The van der Waals surface area contributed by atoms with Crippen molar-refractivity contribution in [1.82, 2.24) is 4.90 Å². The van der Waals surface area contributed by atoms with E-state index in [4.69, 9.17) is 11.0 Å². The van der Waals surface area contributed by atoms with E-state index >= 15 is 0 Å². The number of benzene rings is 1. The lowest BCUT2D eigenvalue weighted by Crippen LogP contribution is -2.55. The molecule has 0 aromatic heterocycles. The minimum atomic E-state index is 0.184. The Kier molecular flexibility index (Phi) is 2.93. The summed E-state index contributed by atoms with van der Waals surface area (Å²) in [6, 6.07) is 10.2. The van der Waals surface area contributed by atoms with E-state index in [2.05, 4.69) is 17.2 Å². The Labute approximate surface area is 95.8 Å². The maximum Gasteiger partial charge on any atom is 0.0991 e. The molecular weight excluding hydrogens is 198 g/mol. The Morgan fingerprint density at radius 2 is 2.12 bits per heavy atom. The second-order valence-electron chi connectivity index (χ2n) is 4.02. The van der Waals surface area contributed by atoms with Crippen molar-refractivity contribution in [3.05, 3.63) is 47.7 Å². The van der Waals surface area contributed by atoms with Crippen LogP contribution in [0, 0.1) is 11.3 Å². The molecule has 1 aromatic rings. The lowest BCUT2D eigenvalue weighted by molar-refractivity contribution is 0.121. The Balaban J connectivity index is 2.19. The fraction of sp³-hybridized carbons (Fsp3) is 0.308. The van der Waals surface area contributed by atoms with E-state index in [1.165, 1.54) is 5.56 Å². The van der Waals surface area contributed by atoms with Crippen molar-refractivity contribution in [2.24, 2.45) is 5.73 Å². The van der Waals surface area contributed by atoms with Crippen molar-refractivity contribution in [3.8, 4) is 6.07 Å². The van der Waals surface area contributed by atoms with Gasteiger partial charge in [0, 0.05) is 12.6 Å². The van der Waals surface area contributed by atoms with Gasteiger partial charge in [0.2, 0.25) is 0 Å². The maximum absolute atomic E-state index is 8.73. The number of hydrogen-bond donors (Lipinski definition) is 1. The molecule has 1 saturated heterocycles. The quantitative estimate of drug-likeness (QED) is 0.814. The number of hydrogen-bond acceptors (Lipinski definition) is 3. The molecular formula is C13H15N3. The lowest BCUT2D eigenvalue weighted by Gasteiger charge is -2.46. The highest BCUT2D eigenvalue weighted by Crippen LogP contribution is 2.32. The number of likely N-dealkylation sites (tertiary alicyclic amines) is 1. The highest BCUT2D eigenvalue weighted by molar-refractivity contribution is 5.34. The van der Waals surface area contributed by atoms with Crippen LogP contribution in [0.25, 0.3) is 0 Å². The summed E-state index contributed by atoms with van der Waals surface area (Å²) in [5.74, 6) is 0. The Morgan fingerprint density at radius 3 is 2.62 bits per heavy atom. The van der Waals surface area contributed by atoms with Crippen molar-refractivity contribution in [1.29, 1.82) is 5.26 Å². The summed E-state index contributed by atoms with van der Waals surface area (Å²) in [6.07, 6.45) is 4.08. The van der Waals surface area contributed by atoms with Gasteiger partial charge in [-0.1, -0.05) is 18.2 Å². The van der Waals surface area contributed by atoms with Crippen LogP contribution >= 0.6 is 0 Å². The molecule has 0 aliphatic carbocycles. The molecule has 82 valence electrons. The molecule has 2 N–H and O–H groups in total. The van der Waals surface area contributed by atoms with E-state index < -0.39 is 0 Å². The van der Waals surface area contributed by atoms with Crippen LogP contribution in [0.3, 0.4) is 0 Å². The summed E-state index contributed by atoms with van der Waals surface area (Å²) >= 11 is 0. The smallest absolute Gasteiger partial charge is 0.0991 e. The molecule has 2 atom stereocenters. The SMILES string of the molecule is CC=CN1C[C@@H](N)[C@H]1c1ccc(C#N)cc1. The molecule has 1 heterocycles. The van der Waals surface area contributed by atoms with E-state index in [-0.39, 0.29) is 12.1 Å². The number of nitriles is 1. The number of allylic oxidation sites excluding steroid dienone is 1. The van der Waals surface area contributed by atoms with Gasteiger partial charge in [0.25, 0.3) is 0 Å². The van der Waals surface area contributed by atoms with Gasteiger partial charge in [-0.25, -0.2) is 0 Å². The zero-order valence-corrected chi connectivity index (χ0v) is 9.30. The molecule has 0 spiro atoms. The van der Waals surface area contributed by atoms with Gasteiger partial charge in [-0.3, -0.25) is 0 Å². The fourth-order valence-electron chi connectivity index (χ4n) is 2.10. The minimum absolute atomic E-state index is 0.184. The molecule has 2 rings (SSSR count). The molecule has 0 radical (unpaired) electrons. The predicted molar refractivity (Wildman–Crippen MR) is 63.4 cm³/mol. The fourth-order valence-corrected chi connectivity index (χ4v) is 2.10. The van der Waals surface area contributed by atoms with Gasteiger partial charge in [0.15, 0.2) is 0 Å².